The van der Waals surface area contributed by atoms with E-state index < -0.39 is 5.60 Å². The zero-order chi connectivity index (χ0) is 21.5. The Kier molecular flexibility index (Phi) is 7.44. The molecule has 0 bridgehead atoms. The molecule has 1 aliphatic carbocycles. The maximum absolute atomic E-state index is 11.5. The van der Waals surface area contributed by atoms with Gasteiger partial charge in [-0.25, -0.2) is 0 Å². The van der Waals surface area contributed by atoms with Gasteiger partial charge in [-0.05, 0) is 41.7 Å². The van der Waals surface area contributed by atoms with Crippen molar-refractivity contribution >= 4 is 5.57 Å². The minimum Gasteiger partial charge on any atom is -0.497 e. The maximum Gasteiger partial charge on any atom is 0.118 e. The van der Waals surface area contributed by atoms with Crippen molar-refractivity contribution in [2.45, 2.75) is 44.2 Å². The van der Waals surface area contributed by atoms with Crippen molar-refractivity contribution in [3.8, 4) is 5.75 Å². The third-order valence-corrected chi connectivity index (χ3v) is 6.85. The molecule has 2 aromatic rings. The Labute approximate surface area is 187 Å². The first-order valence-corrected chi connectivity index (χ1v) is 11.7. The average Bonchev–Trinajstić information content (AvgIpc) is 2.82. The fraction of sp³-hybridized carbons (Fsp3) is 0.481. The van der Waals surface area contributed by atoms with Crippen LogP contribution >= 0.6 is 0 Å². The minimum atomic E-state index is -0.706. The van der Waals surface area contributed by atoms with Crippen LogP contribution in [-0.4, -0.2) is 60.3 Å². The second-order valence-corrected chi connectivity index (χ2v) is 9.00. The largest absolute Gasteiger partial charge is 0.497 e. The number of methoxy groups -OCH3 is 1. The SMILES string of the molecule is COc1ccc(/C(=C\CN2CCN(Cc3ccccc3)CC2)C2(O)CCCCC2)cc1. The van der Waals surface area contributed by atoms with Crippen molar-refractivity contribution in [2.75, 3.05) is 39.8 Å². The zero-order valence-corrected chi connectivity index (χ0v) is 18.8. The molecule has 0 radical (unpaired) electrons. The van der Waals surface area contributed by atoms with Gasteiger partial charge in [0.25, 0.3) is 0 Å². The van der Waals surface area contributed by atoms with Crippen LogP contribution < -0.4 is 4.74 Å². The van der Waals surface area contributed by atoms with Crippen LogP contribution in [0.4, 0.5) is 0 Å². The summed E-state index contributed by atoms with van der Waals surface area (Å²) in [4.78, 5) is 5.05. The monoisotopic (exact) mass is 420 g/mol. The van der Waals surface area contributed by atoms with Gasteiger partial charge in [-0.3, -0.25) is 9.80 Å². The van der Waals surface area contributed by atoms with Crippen LogP contribution in [-0.2, 0) is 6.54 Å². The van der Waals surface area contributed by atoms with Crippen LogP contribution in [0, 0.1) is 0 Å². The van der Waals surface area contributed by atoms with Crippen LogP contribution in [0.3, 0.4) is 0 Å². The molecule has 1 saturated heterocycles. The highest BCUT2D eigenvalue weighted by Crippen LogP contribution is 2.39. The fourth-order valence-electron chi connectivity index (χ4n) is 4.95. The van der Waals surface area contributed by atoms with Crippen LogP contribution in [0.5, 0.6) is 5.75 Å². The standard InChI is InChI=1S/C27H36N2O2/c1-31-25-12-10-24(11-13-25)26(27(30)15-6-3-7-16-27)14-17-28-18-20-29(21-19-28)22-23-8-4-2-5-9-23/h2,4-5,8-14,30H,3,6-7,15-22H2,1H3/b26-14+. The van der Waals surface area contributed by atoms with Crippen molar-refractivity contribution < 1.29 is 9.84 Å². The number of hydrogen-bond acceptors (Lipinski definition) is 4. The molecule has 0 unspecified atom stereocenters. The Hall–Kier alpha value is -2.14. The van der Waals surface area contributed by atoms with Gasteiger partial charge in [0.2, 0.25) is 0 Å². The van der Waals surface area contributed by atoms with E-state index in [1.54, 1.807) is 7.11 Å². The summed E-state index contributed by atoms with van der Waals surface area (Å²) in [7, 11) is 1.69. The van der Waals surface area contributed by atoms with E-state index in [2.05, 4.69) is 58.3 Å². The number of hydrogen-bond donors (Lipinski definition) is 1. The van der Waals surface area contributed by atoms with E-state index in [1.165, 1.54) is 12.0 Å². The summed E-state index contributed by atoms with van der Waals surface area (Å²) in [6.07, 6.45) is 7.43. The molecule has 0 atom stereocenters. The fourth-order valence-corrected chi connectivity index (χ4v) is 4.95. The molecule has 0 spiro atoms. The molecule has 4 rings (SSSR count). The van der Waals surface area contributed by atoms with E-state index in [0.29, 0.717) is 0 Å². The van der Waals surface area contributed by atoms with Gasteiger partial charge in [0.05, 0.1) is 12.7 Å². The number of piperazine rings is 1. The summed E-state index contributed by atoms with van der Waals surface area (Å²) in [6, 6.07) is 18.9. The normalized spacial score (nSPS) is 20.5. The first kappa shape index (κ1) is 22.1. The summed E-state index contributed by atoms with van der Waals surface area (Å²) < 4.78 is 5.33. The highest BCUT2D eigenvalue weighted by atomic mass is 16.5. The molecule has 1 saturated carbocycles. The molecule has 2 fully saturated rings. The molecule has 0 aromatic heterocycles. The van der Waals surface area contributed by atoms with Gasteiger partial charge < -0.3 is 9.84 Å². The first-order valence-electron chi connectivity index (χ1n) is 11.7. The van der Waals surface area contributed by atoms with Crippen LogP contribution in [0.1, 0.15) is 43.2 Å². The van der Waals surface area contributed by atoms with Gasteiger partial charge in [-0.2, -0.15) is 0 Å². The van der Waals surface area contributed by atoms with E-state index in [4.69, 9.17) is 4.74 Å². The van der Waals surface area contributed by atoms with Gasteiger partial charge >= 0.3 is 0 Å². The average molecular weight is 421 g/mol. The van der Waals surface area contributed by atoms with Gasteiger partial charge in [-0.1, -0.05) is 67.8 Å². The molecule has 1 N–H and O–H groups in total. The lowest BCUT2D eigenvalue weighted by atomic mass is 9.76. The number of nitrogens with zero attached hydrogens (tertiary/aromatic N) is 2. The summed E-state index contributed by atoms with van der Waals surface area (Å²) in [6.45, 7) is 6.23. The highest BCUT2D eigenvalue weighted by molar-refractivity contribution is 5.72. The first-order chi connectivity index (χ1) is 15.2. The second kappa shape index (κ2) is 10.4. The molecule has 166 valence electrons. The number of aliphatic hydroxyl groups is 1. The molecule has 2 aliphatic rings. The van der Waals surface area contributed by atoms with E-state index in [-0.39, 0.29) is 0 Å². The van der Waals surface area contributed by atoms with E-state index >= 15 is 0 Å². The van der Waals surface area contributed by atoms with E-state index in [9.17, 15) is 5.11 Å². The summed E-state index contributed by atoms with van der Waals surface area (Å²) in [5.41, 5.74) is 2.90. The Morgan fingerprint density at radius 3 is 2.19 bits per heavy atom. The molecular formula is C27H36N2O2. The Morgan fingerprint density at radius 1 is 0.903 bits per heavy atom. The third-order valence-electron chi connectivity index (χ3n) is 6.85. The lowest BCUT2D eigenvalue weighted by Gasteiger charge is -2.37. The van der Waals surface area contributed by atoms with Crippen molar-refractivity contribution in [3.63, 3.8) is 0 Å². The minimum absolute atomic E-state index is 0.706. The number of benzene rings is 2. The molecule has 1 aliphatic heterocycles. The smallest absolute Gasteiger partial charge is 0.118 e. The lowest BCUT2D eigenvalue weighted by Crippen LogP contribution is -2.46. The van der Waals surface area contributed by atoms with Gasteiger partial charge in [0, 0.05) is 39.3 Å². The predicted octanol–water partition coefficient (Wildman–Crippen LogP) is 4.59. The van der Waals surface area contributed by atoms with E-state index in [1.807, 2.05) is 12.1 Å². The Balaban J connectivity index is 1.42. The van der Waals surface area contributed by atoms with Crippen molar-refractivity contribution in [2.24, 2.45) is 0 Å². The Bertz CT molecular complexity index is 833. The predicted molar refractivity (Wildman–Crippen MR) is 127 cm³/mol. The topological polar surface area (TPSA) is 35.9 Å². The van der Waals surface area contributed by atoms with Crippen molar-refractivity contribution in [3.05, 3.63) is 71.8 Å². The van der Waals surface area contributed by atoms with Gasteiger partial charge in [0.1, 0.15) is 5.75 Å². The van der Waals surface area contributed by atoms with Crippen LogP contribution in [0.2, 0.25) is 0 Å². The highest BCUT2D eigenvalue weighted by Gasteiger charge is 2.34. The summed E-state index contributed by atoms with van der Waals surface area (Å²) >= 11 is 0. The van der Waals surface area contributed by atoms with Crippen LogP contribution in [0.25, 0.3) is 5.57 Å². The van der Waals surface area contributed by atoms with Gasteiger partial charge in [0.15, 0.2) is 0 Å². The summed E-state index contributed by atoms with van der Waals surface area (Å²) in [5.74, 6) is 0.855. The molecule has 4 nitrogen and oxygen atoms in total. The molecule has 1 heterocycles. The molecule has 4 heteroatoms. The molecule has 2 aromatic carbocycles. The molecule has 31 heavy (non-hydrogen) atoms. The quantitative estimate of drug-likeness (QED) is 0.711. The Morgan fingerprint density at radius 2 is 1.55 bits per heavy atom. The maximum atomic E-state index is 11.5. The van der Waals surface area contributed by atoms with Gasteiger partial charge in [-0.15, -0.1) is 0 Å². The second-order valence-electron chi connectivity index (χ2n) is 9.00. The number of rotatable bonds is 7. The van der Waals surface area contributed by atoms with Crippen molar-refractivity contribution in [1.29, 1.82) is 0 Å². The zero-order valence-electron chi connectivity index (χ0n) is 18.8. The molecular weight excluding hydrogens is 384 g/mol. The number of ether oxygens (including phenoxy) is 1. The van der Waals surface area contributed by atoms with E-state index in [0.717, 1.165) is 81.8 Å². The lowest BCUT2D eigenvalue weighted by molar-refractivity contribution is 0.0608. The van der Waals surface area contributed by atoms with Crippen LogP contribution in [0.15, 0.2) is 60.7 Å². The third kappa shape index (κ3) is 5.76. The molecule has 0 amide bonds. The van der Waals surface area contributed by atoms with Crippen molar-refractivity contribution in [1.82, 2.24) is 9.80 Å². The summed E-state index contributed by atoms with van der Waals surface area (Å²) in [5, 5.41) is 11.5.